The number of nitriles is 1. The van der Waals surface area contributed by atoms with Gasteiger partial charge in [-0.1, -0.05) is 12.8 Å². The van der Waals surface area contributed by atoms with Gasteiger partial charge in [0.2, 0.25) is 5.91 Å². The van der Waals surface area contributed by atoms with Crippen LogP contribution in [0, 0.1) is 11.3 Å². The van der Waals surface area contributed by atoms with Crippen molar-refractivity contribution in [3.05, 3.63) is 0 Å². The van der Waals surface area contributed by atoms with E-state index in [1.807, 2.05) is 11.8 Å². The zero-order chi connectivity index (χ0) is 10.6. The van der Waals surface area contributed by atoms with E-state index >= 15 is 0 Å². The number of hydrogen-bond acceptors (Lipinski definition) is 3. The Kier molecular flexibility index (Phi) is 3.90. The zero-order valence-corrected chi connectivity index (χ0v) is 8.57. The molecule has 1 fully saturated rings. The normalized spacial score (nSPS) is 19.5. The average Bonchev–Trinajstić information content (AvgIpc) is 2.65. The van der Waals surface area contributed by atoms with Gasteiger partial charge in [-0.25, -0.2) is 0 Å². The van der Waals surface area contributed by atoms with E-state index in [9.17, 15) is 4.79 Å². The third-order valence-electron chi connectivity index (χ3n) is 2.82. The molecule has 1 saturated carbocycles. The number of carbonyl (C=O) groups is 1. The second-order valence-corrected chi connectivity index (χ2v) is 3.88. The molecule has 14 heavy (non-hydrogen) atoms. The van der Waals surface area contributed by atoms with Crippen molar-refractivity contribution in [1.29, 1.82) is 5.26 Å². The number of amides is 1. The van der Waals surface area contributed by atoms with E-state index in [1.165, 1.54) is 12.8 Å². The van der Waals surface area contributed by atoms with Gasteiger partial charge in [0.25, 0.3) is 0 Å². The molecule has 0 aromatic carbocycles. The summed E-state index contributed by atoms with van der Waals surface area (Å²) in [6.45, 7) is 2.03. The summed E-state index contributed by atoms with van der Waals surface area (Å²) in [5.41, 5.74) is 5.16. The molecule has 1 rings (SSSR count). The van der Waals surface area contributed by atoms with Gasteiger partial charge in [0.05, 0.1) is 18.7 Å². The summed E-state index contributed by atoms with van der Waals surface area (Å²) in [6, 6.07) is 2.32. The number of primary amides is 1. The Bertz CT molecular complexity index is 240. The van der Waals surface area contributed by atoms with Crippen molar-refractivity contribution in [1.82, 2.24) is 4.90 Å². The molecule has 1 amide bonds. The number of carbonyl (C=O) groups excluding carboxylic acids is 1. The summed E-state index contributed by atoms with van der Waals surface area (Å²) in [4.78, 5) is 12.8. The summed E-state index contributed by atoms with van der Waals surface area (Å²) >= 11 is 0. The van der Waals surface area contributed by atoms with Gasteiger partial charge in [0.15, 0.2) is 0 Å². The maximum Gasteiger partial charge on any atom is 0.231 e. The molecule has 0 heterocycles. The maximum absolute atomic E-state index is 10.9. The lowest BCUT2D eigenvalue weighted by molar-refractivity contribution is -0.120. The molecule has 1 atom stereocenters. The first-order chi connectivity index (χ1) is 6.65. The lowest BCUT2D eigenvalue weighted by atomic mass is 10.1. The van der Waals surface area contributed by atoms with Gasteiger partial charge in [-0.3, -0.25) is 9.69 Å². The summed E-state index contributed by atoms with van der Waals surface area (Å²) in [6.07, 6.45) is 4.55. The van der Waals surface area contributed by atoms with Gasteiger partial charge >= 0.3 is 0 Å². The summed E-state index contributed by atoms with van der Waals surface area (Å²) in [5.74, 6) is -0.348. The fraction of sp³-hybridized carbons (Fsp3) is 0.800. The quantitative estimate of drug-likeness (QED) is 0.715. The predicted octanol–water partition coefficient (Wildman–Crippen LogP) is 0.628. The standard InChI is InChI=1S/C10H17N3O/c1-8(6-11)13(7-10(12)14)9-4-2-3-5-9/h8-9H,2-5,7H2,1H3,(H2,12,14). The molecule has 0 bridgehead atoms. The van der Waals surface area contributed by atoms with Crippen molar-refractivity contribution in [3.63, 3.8) is 0 Å². The van der Waals surface area contributed by atoms with Crippen molar-refractivity contribution in [2.45, 2.75) is 44.7 Å². The zero-order valence-electron chi connectivity index (χ0n) is 8.57. The van der Waals surface area contributed by atoms with Gasteiger partial charge in [-0.05, 0) is 19.8 Å². The highest BCUT2D eigenvalue weighted by Crippen LogP contribution is 2.24. The van der Waals surface area contributed by atoms with E-state index < -0.39 is 0 Å². The highest BCUT2D eigenvalue weighted by molar-refractivity contribution is 5.76. The maximum atomic E-state index is 10.9. The highest BCUT2D eigenvalue weighted by Gasteiger charge is 2.27. The predicted molar refractivity (Wildman–Crippen MR) is 53.2 cm³/mol. The van der Waals surface area contributed by atoms with Gasteiger partial charge in [-0.15, -0.1) is 0 Å². The van der Waals surface area contributed by atoms with Crippen LogP contribution >= 0.6 is 0 Å². The molecular formula is C10H17N3O. The van der Waals surface area contributed by atoms with E-state index in [2.05, 4.69) is 6.07 Å². The topological polar surface area (TPSA) is 70.1 Å². The molecule has 1 unspecified atom stereocenters. The summed E-state index contributed by atoms with van der Waals surface area (Å²) in [7, 11) is 0. The highest BCUT2D eigenvalue weighted by atomic mass is 16.1. The first kappa shape index (κ1) is 11.0. The number of hydrogen-bond donors (Lipinski definition) is 1. The van der Waals surface area contributed by atoms with E-state index in [1.54, 1.807) is 0 Å². The van der Waals surface area contributed by atoms with Crippen LogP contribution in [-0.2, 0) is 4.79 Å². The molecule has 2 N–H and O–H groups in total. The van der Waals surface area contributed by atoms with E-state index in [-0.39, 0.29) is 18.5 Å². The minimum Gasteiger partial charge on any atom is -0.369 e. The third kappa shape index (κ3) is 2.71. The number of nitrogens with two attached hydrogens (primary N) is 1. The Balaban J connectivity index is 2.60. The largest absolute Gasteiger partial charge is 0.369 e. The molecule has 4 nitrogen and oxygen atoms in total. The Labute approximate surface area is 84.7 Å². The van der Waals surface area contributed by atoms with Crippen molar-refractivity contribution in [2.24, 2.45) is 5.73 Å². The average molecular weight is 195 g/mol. The summed E-state index contributed by atoms with van der Waals surface area (Å²) < 4.78 is 0. The lowest BCUT2D eigenvalue weighted by Crippen LogP contribution is -2.44. The molecule has 0 saturated heterocycles. The van der Waals surface area contributed by atoms with Crippen LogP contribution in [-0.4, -0.2) is 29.4 Å². The molecule has 0 radical (unpaired) electrons. The van der Waals surface area contributed by atoms with Gasteiger partial charge in [-0.2, -0.15) is 5.26 Å². The molecule has 1 aliphatic carbocycles. The van der Waals surface area contributed by atoms with Crippen LogP contribution in [0.25, 0.3) is 0 Å². The van der Waals surface area contributed by atoms with Gasteiger partial charge < -0.3 is 5.73 Å². The second kappa shape index (κ2) is 4.97. The first-order valence-corrected chi connectivity index (χ1v) is 5.09. The number of nitrogens with zero attached hydrogens (tertiary/aromatic N) is 2. The van der Waals surface area contributed by atoms with Gasteiger partial charge in [0.1, 0.15) is 0 Å². The lowest BCUT2D eigenvalue weighted by Gasteiger charge is -2.29. The van der Waals surface area contributed by atoms with Crippen LogP contribution < -0.4 is 5.73 Å². The van der Waals surface area contributed by atoms with Crippen molar-refractivity contribution < 1.29 is 4.79 Å². The number of rotatable bonds is 4. The first-order valence-electron chi connectivity index (χ1n) is 5.09. The van der Waals surface area contributed by atoms with Crippen LogP contribution in [0.5, 0.6) is 0 Å². The Hall–Kier alpha value is -1.08. The van der Waals surface area contributed by atoms with Crippen molar-refractivity contribution >= 4 is 5.91 Å². The molecule has 0 aromatic heterocycles. The molecule has 4 heteroatoms. The minimum atomic E-state index is -0.348. The third-order valence-corrected chi connectivity index (χ3v) is 2.82. The van der Waals surface area contributed by atoms with Gasteiger partial charge in [0, 0.05) is 6.04 Å². The molecule has 0 aliphatic heterocycles. The molecule has 78 valence electrons. The van der Waals surface area contributed by atoms with Crippen molar-refractivity contribution in [2.75, 3.05) is 6.54 Å². The van der Waals surface area contributed by atoms with E-state index in [0.717, 1.165) is 12.8 Å². The molecular weight excluding hydrogens is 178 g/mol. The minimum absolute atomic E-state index is 0.208. The Morgan fingerprint density at radius 2 is 2.21 bits per heavy atom. The smallest absolute Gasteiger partial charge is 0.231 e. The van der Waals surface area contributed by atoms with Crippen LogP contribution in [0.4, 0.5) is 0 Å². The fourth-order valence-electron chi connectivity index (χ4n) is 2.07. The Morgan fingerprint density at radius 3 is 2.64 bits per heavy atom. The monoisotopic (exact) mass is 195 g/mol. The van der Waals surface area contributed by atoms with Crippen LogP contribution in [0.2, 0.25) is 0 Å². The van der Waals surface area contributed by atoms with Crippen LogP contribution in [0.3, 0.4) is 0 Å². The van der Waals surface area contributed by atoms with Crippen LogP contribution in [0.15, 0.2) is 0 Å². The SMILES string of the molecule is CC(C#N)N(CC(N)=O)C1CCCC1. The Morgan fingerprint density at radius 1 is 1.64 bits per heavy atom. The van der Waals surface area contributed by atoms with E-state index in [0.29, 0.717) is 6.04 Å². The molecule has 1 aliphatic rings. The van der Waals surface area contributed by atoms with Crippen LogP contribution in [0.1, 0.15) is 32.6 Å². The molecule has 0 aromatic rings. The van der Waals surface area contributed by atoms with E-state index in [4.69, 9.17) is 11.0 Å². The fourth-order valence-corrected chi connectivity index (χ4v) is 2.07. The second-order valence-electron chi connectivity index (χ2n) is 3.88. The molecule has 0 spiro atoms. The summed E-state index contributed by atoms with van der Waals surface area (Å²) in [5, 5.41) is 8.83. The van der Waals surface area contributed by atoms with Crippen molar-refractivity contribution in [3.8, 4) is 6.07 Å².